The summed E-state index contributed by atoms with van der Waals surface area (Å²) in [6.45, 7) is 10.8. The van der Waals surface area contributed by atoms with E-state index in [0.29, 0.717) is 63.7 Å². The molecule has 0 unspecified atom stereocenters. The molecule has 0 spiro atoms. The molecule has 0 fully saturated rings. The summed E-state index contributed by atoms with van der Waals surface area (Å²) in [7, 11) is 0. The van der Waals surface area contributed by atoms with Crippen molar-refractivity contribution >= 4 is 28.7 Å². The van der Waals surface area contributed by atoms with Crippen molar-refractivity contribution in [3.05, 3.63) is 36.0 Å². The Morgan fingerprint density at radius 3 is 2.02 bits per heavy atom. The first-order valence-electron chi connectivity index (χ1n) is 17.7. The Bertz CT molecular complexity index is 1150. The highest BCUT2D eigenvalue weighted by atomic mass is 16.2. The van der Waals surface area contributed by atoms with Gasteiger partial charge in [0.15, 0.2) is 0 Å². The van der Waals surface area contributed by atoms with Gasteiger partial charge in [-0.05, 0) is 87.4 Å². The summed E-state index contributed by atoms with van der Waals surface area (Å²) < 4.78 is 0. The minimum atomic E-state index is -0.190. The summed E-state index contributed by atoms with van der Waals surface area (Å²) >= 11 is 0. The van der Waals surface area contributed by atoms with E-state index in [0.717, 1.165) is 67.8 Å². The van der Waals surface area contributed by atoms with Crippen LogP contribution in [0.1, 0.15) is 104 Å². The number of unbranched alkanes of at least 4 members (excludes halogenated alkanes) is 2. The molecule has 1 aromatic carbocycles. The third-order valence-electron chi connectivity index (χ3n) is 9.07. The Hall–Kier alpha value is -3.11. The summed E-state index contributed by atoms with van der Waals surface area (Å²) in [6, 6.07) is 7.78. The lowest BCUT2D eigenvalue weighted by atomic mass is 9.91. The second-order valence-electron chi connectivity index (χ2n) is 13.4. The normalized spacial score (nSPS) is 14.1. The van der Waals surface area contributed by atoms with Gasteiger partial charge in [0.25, 0.3) is 0 Å². The molecule has 0 aliphatic rings. The highest BCUT2D eigenvalue weighted by Gasteiger charge is 2.21. The van der Waals surface area contributed by atoms with Gasteiger partial charge in [-0.1, -0.05) is 65.2 Å². The van der Waals surface area contributed by atoms with E-state index in [4.69, 9.17) is 11.5 Å². The number of rotatable bonds is 24. The maximum atomic E-state index is 13.4. The first-order valence-corrected chi connectivity index (χ1v) is 17.7. The number of nitrogens with one attached hydrogen (secondary N) is 5. The molecule has 4 atom stereocenters. The first-order chi connectivity index (χ1) is 22.2. The van der Waals surface area contributed by atoms with E-state index in [-0.39, 0.29) is 35.8 Å². The Morgan fingerprint density at radius 2 is 1.41 bits per heavy atom. The van der Waals surface area contributed by atoms with Crippen LogP contribution in [0.25, 0.3) is 10.9 Å². The lowest BCUT2D eigenvalue weighted by Crippen LogP contribution is -2.44. The van der Waals surface area contributed by atoms with E-state index >= 15 is 0 Å². The zero-order chi connectivity index (χ0) is 33.7. The largest absolute Gasteiger partial charge is 0.361 e. The van der Waals surface area contributed by atoms with Crippen LogP contribution in [0.2, 0.25) is 0 Å². The van der Waals surface area contributed by atoms with Gasteiger partial charge in [-0.3, -0.25) is 4.79 Å². The molecule has 2 aromatic rings. The third kappa shape index (κ3) is 15.5. The Kier molecular flexibility index (Phi) is 19.0. The number of amides is 4. The maximum absolute atomic E-state index is 13.4. The minimum Gasteiger partial charge on any atom is -0.361 e. The number of hydrogen-bond acceptors (Lipinski definition) is 5. The number of para-hydroxylation sites is 1. The Labute approximate surface area is 277 Å². The molecule has 1 heterocycles. The zero-order valence-electron chi connectivity index (χ0n) is 29.0. The minimum absolute atomic E-state index is 0.0659. The van der Waals surface area contributed by atoms with Gasteiger partial charge >= 0.3 is 12.1 Å². The number of carbonyl (C=O) groups excluding carboxylic acids is 3. The number of ketones is 1. The fourth-order valence-corrected chi connectivity index (χ4v) is 5.78. The van der Waals surface area contributed by atoms with Crippen LogP contribution >= 0.6 is 0 Å². The van der Waals surface area contributed by atoms with Crippen molar-refractivity contribution in [2.45, 2.75) is 117 Å². The van der Waals surface area contributed by atoms with Crippen LogP contribution in [0.5, 0.6) is 0 Å². The highest BCUT2D eigenvalue weighted by Crippen LogP contribution is 2.23. The van der Waals surface area contributed by atoms with Crippen molar-refractivity contribution in [1.82, 2.24) is 26.3 Å². The van der Waals surface area contributed by atoms with Crippen molar-refractivity contribution in [3.63, 3.8) is 0 Å². The van der Waals surface area contributed by atoms with Gasteiger partial charge in [0.05, 0.1) is 0 Å². The topological polar surface area (TPSA) is 167 Å². The maximum Gasteiger partial charge on any atom is 0.315 e. The molecule has 0 saturated heterocycles. The molecule has 0 bridgehead atoms. The lowest BCUT2D eigenvalue weighted by molar-refractivity contribution is -0.120. The van der Waals surface area contributed by atoms with Crippen LogP contribution in [0, 0.1) is 17.8 Å². The number of benzene rings is 1. The smallest absolute Gasteiger partial charge is 0.315 e. The molecule has 46 heavy (non-hydrogen) atoms. The van der Waals surface area contributed by atoms with E-state index in [2.05, 4.69) is 60.0 Å². The van der Waals surface area contributed by atoms with Crippen LogP contribution in [-0.4, -0.2) is 61.1 Å². The van der Waals surface area contributed by atoms with Crippen molar-refractivity contribution < 1.29 is 14.4 Å². The standard InChI is InChI=1S/C36H63N7O3/c1-5-12-30(13-8-10-19-37)42-36(46)41-24-28(21-29-25-39-34-16-7-6-15-33(29)34)22-32(44)18-17-31(14-9-11-20-38)43-35(45)40-23-27(4)26(2)3/h6-7,15-16,25-28,30-31,39H,5,8-14,17-24,37-38H2,1-4H3,(H2,40,43,45)(H2,41,42,46)/t27-,28-,30-,31+/m1/s1. The van der Waals surface area contributed by atoms with Crippen LogP contribution in [0.3, 0.4) is 0 Å². The van der Waals surface area contributed by atoms with Crippen molar-refractivity contribution in [3.8, 4) is 0 Å². The second kappa shape index (κ2) is 22.4. The Balaban J connectivity index is 2.03. The molecule has 0 aliphatic carbocycles. The van der Waals surface area contributed by atoms with Gasteiger partial charge in [0.2, 0.25) is 0 Å². The molecule has 0 saturated carbocycles. The number of H-pyrrole nitrogens is 1. The lowest BCUT2D eigenvalue weighted by Gasteiger charge is -2.22. The molecule has 10 heteroatoms. The molecule has 2 rings (SSSR count). The number of aromatic nitrogens is 1. The van der Waals surface area contributed by atoms with Crippen LogP contribution in [0.15, 0.2) is 30.5 Å². The number of carbonyl (C=O) groups is 3. The summed E-state index contributed by atoms with van der Waals surface area (Å²) in [5, 5.41) is 13.4. The average molecular weight is 642 g/mol. The van der Waals surface area contributed by atoms with Crippen LogP contribution in [-0.2, 0) is 11.2 Å². The number of Topliss-reactive ketones (excluding diaryl/α,β-unsaturated/α-hetero) is 1. The molecule has 4 amide bonds. The van der Waals surface area contributed by atoms with Gasteiger partial charge < -0.3 is 37.7 Å². The summed E-state index contributed by atoms with van der Waals surface area (Å²) in [5.41, 5.74) is 13.6. The van der Waals surface area contributed by atoms with Crippen molar-refractivity contribution in [2.24, 2.45) is 29.2 Å². The molecule has 10 nitrogen and oxygen atoms in total. The highest BCUT2D eigenvalue weighted by molar-refractivity contribution is 5.83. The van der Waals surface area contributed by atoms with Gasteiger partial charge in [0, 0.05) is 55.1 Å². The van der Waals surface area contributed by atoms with Gasteiger partial charge in [-0.2, -0.15) is 0 Å². The van der Waals surface area contributed by atoms with Crippen LogP contribution in [0.4, 0.5) is 9.59 Å². The number of hydrogen-bond donors (Lipinski definition) is 7. The molecule has 0 radical (unpaired) electrons. The van der Waals surface area contributed by atoms with E-state index in [1.165, 1.54) is 0 Å². The predicted molar refractivity (Wildman–Crippen MR) is 190 cm³/mol. The molecular weight excluding hydrogens is 578 g/mol. The second-order valence-corrected chi connectivity index (χ2v) is 13.4. The summed E-state index contributed by atoms with van der Waals surface area (Å²) in [4.78, 5) is 42.4. The van der Waals surface area contributed by atoms with Crippen LogP contribution < -0.4 is 32.7 Å². The van der Waals surface area contributed by atoms with E-state index in [1.807, 2.05) is 24.4 Å². The quantitative estimate of drug-likeness (QED) is 0.0724. The predicted octanol–water partition coefficient (Wildman–Crippen LogP) is 5.75. The molecule has 260 valence electrons. The molecular formula is C36H63N7O3. The fourth-order valence-electron chi connectivity index (χ4n) is 5.78. The monoisotopic (exact) mass is 641 g/mol. The Morgan fingerprint density at radius 1 is 0.804 bits per heavy atom. The zero-order valence-corrected chi connectivity index (χ0v) is 29.0. The van der Waals surface area contributed by atoms with E-state index in [9.17, 15) is 14.4 Å². The number of fused-ring (bicyclic) bond motifs is 1. The SMILES string of the molecule is CCC[C@H](CCCCN)NC(=O)NC[C@@H](CC(=O)CC[C@H](CCCCN)NC(=O)NC[C@@H](C)C(C)C)Cc1c[nH]c2ccccc12. The first kappa shape index (κ1) is 39.1. The molecule has 0 aliphatic heterocycles. The van der Waals surface area contributed by atoms with Crippen molar-refractivity contribution in [2.75, 3.05) is 26.2 Å². The van der Waals surface area contributed by atoms with Crippen molar-refractivity contribution in [1.29, 1.82) is 0 Å². The van der Waals surface area contributed by atoms with E-state index in [1.54, 1.807) is 0 Å². The average Bonchev–Trinajstić information content (AvgIpc) is 3.44. The van der Waals surface area contributed by atoms with Gasteiger partial charge in [0.1, 0.15) is 5.78 Å². The molecule has 1 aromatic heterocycles. The number of nitrogens with two attached hydrogens (primary N) is 2. The van der Waals surface area contributed by atoms with E-state index < -0.39 is 0 Å². The van der Waals surface area contributed by atoms with Gasteiger partial charge in [-0.25, -0.2) is 9.59 Å². The third-order valence-corrected chi connectivity index (χ3v) is 9.07. The molecule has 9 N–H and O–H groups in total. The summed E-state index contributed by atoms with van der Waals surface area (Å²) in [5.74, 6) is 0.928. The number of urea groups is 2. The number of aromatic amines is 1. The fraction of sp³-hybridized carbons (Fsp3) is 0.694. The summed E-state index contributed by atoms with van der Waals surface area (Å²) in [6.07, 6.45) is 11.3. The van der Waals surface area contributed by atoms with Gasteiger partial charge in [-0.15, -0.1) is 0 Å².